The summed E-state index contributed by atoms with van der Waals surface area (Å²) in [7, 11) is 0. The van der Waals surface area contributed by atoms with E-state index in [2.05, 4.69) is 17.1 Å². The second kappa shape index (κ2) is 3.73. The predicted octanol–water partition coefficient (Wildman–Crippen LogP) is 0.0690. The highest BCUT2D eigenvalue weighted by atomic mass is 16.5. The zero-order valence-corrected chi connectivity index (χ0v) is 7.75. The lowest BCUT2D eigenvalue weighted by Gasteiger charge is -2.31. The summed E-state index contributed by atoms with van der Waals surface area (Å²) in [5.74, 6) is 0. The second-order valence-corrected chi connectivity index (χ2v) is 3.85. The zero-order chi connectivity index (χ0) is 8.39. The van der Waals surface area contributed by atoms with Crippen LogP contribution in [0.2, 0.25) is 0 Å². The third-order valence-electron chi connectivity index (χ3n) is 2.89. The maximum atomic E-state index is 5.32. The predicted molar refractivity (Wildman–Crippen MR) is 48.3 cm³/mol. The van der Waals surface area contributed by atoms with Gasteiger partial charge >= 0.3 is 0 Å². The molecule has 70 valence electrons. The van der Waals surface area contributed by atoms with Crippen molar-refractivity contribution < 1.29 is 4.74 Å². The molecule has 2 rings (SSSR count). The molecule has 2 atom stereocenters. The molecule has 0 spiro atoms. The molecular formula is C9H18N2O. The maximum absolute atomic E-state index is 5.32. The summed E-state index contributed by atoms with van der Waals surface area (Å²) < 4.78 is 5.32. The van der Waals surface area contributed by atoms with E-state index in [1.165, 1.54) is 13.0 Å². The molecular weight excluding hydrogens is 152 g/mol. The van der Waals surface area contributed by atoms with Crippen LogP contribution in [-0.4, -0.2) is 49.8 Å². The van der Waals surface area contributed by atoms with Crippen molar-refractivity contribution in [2.24, 2.45) is 0 Å². The van der Waals surface area contributed by atoms with E-state index in [-0.39, 0.29) is 0 Å². The summed E-state index contributed by atoms with van der Waals surface area (Å²) in [5.41, 5.74) is 0. The van der Waals surface area contributed by atoms with E-state index >= 15 is 0 Å². The Morgan fingerprint density at radius 3 is 2.67 bits per heavy atom. The van der Waals surface area contributed by atoms with Crippen LogP contribution in [0.3, 0.4) is 0 Å². The van der Waals surface area contributed by atoms with E-state index in [0.717, 1.165) is 32.3 Å². The Kier molecular flexibility index (Phi) is 2.63. The van der Waals surface area contributed by atoms with Gasteiger partial charge in [0, 0.05) is 31.7 Å². The lowest BCUT2D eigenvalue weighted by Crippen LogP contribution is -2.44. The van der Waals surface area contributed by atoms with Crippen molar-refractivity contribution in [2.45, 2.75) is 25.4 Å². The van der Waals surface area contributed by atoms with Gasteiger partial charge in [-0.2, -0.15) is 0 Å². The monoisotopic (exact) mass is 170 g/mol. The molecule has 2 fully saturated rings. The van der Waals surface area contributed by atoms with E-state index in [1.54, 1.807) is 0 Å². The van der Waals surface area contributed by atoms with Crippen LogP contribution in [0.5, 0.6) is 0 Å². The van der Waals surface area contributed by atoms with Crippen molar-refractivity contribution in [3.8, 4) is 0 Å². The summed E-state index contributed by atoms with van der Waals surface area (Å²) >= 11 is 0. The average Bonchev–Trinajstić information content (AvgIpc) is 2.54. The first-order valence-electron chi connectivity index (χ1n) is 4.91. The largest absolute Gasteiger partial charge is 0.379 e. The van der Waals surface area contributed by atoms with Gasteiger partial charge in [-0.25, -0.2) is 0 Å². The van der Waals surface area contributed by atoms with Crippen molar-refractivity contribution >= 4 is 0 Å². The van der Waals surface area contributed by atoms with Gasteiger partial charge in [-0.15, -0.1) is 0 Å². The Morgan fingerprint density at radius 1 is 1.33 bits per heavy atom. The summed E-state index contributed by atoms with van der Waals surface area (Å²) in [6, 6.07) is 1.47. The van der Waals surface area contributed by atoms with Crippen LogP contribution < -0.4 is 5.32 Å². The van der Waals surface area contributed by atoms with Crippen LogP contribution in [0.25, 0.3) is 0 Å². The first-order chi connectivity index (χ1) is 5.86. The Hall–Kier alpha value is -0.120. The Balaban J connectivity index is 1.83. The van der Waals surface area contributed by atoms with Gasteiger partial charge in [-0.1, -0.05) is 0 Å². The Morgan fingerprint density at radius 2 is 2.08 bits per heavy atom. The normalized spacial score (nSPS) is 38.8. The molecule has 1 N–H and O–H groups in total. The van der Waals surface area contributed by atoms with E-state index in [9.17, 15) is 0 Å². The topological polar surface area (TPSA) is 24.5 Å². The quantitative estimate of drug-likeness (QED) is 0.602. The third-order valence-corrected chi connectivity index (χ3v) is 2.89. The Labute approximate surface area is 74.1 Å². The van der Waals surface area contributed by atoms with Crippen molar-refractivity contribution in [1.82, 2.24) is 10.2 Å². The molecule has 0 aromatic carbocycles. The molecule has 0 aliphatic carbocycles. The fourth-order valence-electron chi connectivity index (χ4n) is 2.13. The minimum Gasteiger partial charge on any atom is -0.379 e. The second-order valence-electron chi connectivity index (χ2n) is 3.85. The minimum absolute atomic E-state index is 0.706. The number of morpholine rings is 1. The number of hydrogen-bond acceptors (Lipinski definition) is 3. The highest BCUT2D eigenvalue weighted by Gasteiger charge is 2.27. The molecule has 2 aliphatic rings. The van der Waals surface area contributed by atoms with Crippen LogP contribution in [0.4, 0.5) is 0 Å². The molecule has 0 aromatic heterocycles. The lowest BCUT2D eigenvalue weighted by atomic mass is 10.1. The number of ether oxygens (including phenoxy) is 1. The summed E-state index contributed by atoms with van der Waals surface area (Å²) in [6.07, 6.45) is 1.31. The van der Waals surface area contributed by atoms with E-state index in [0.29, 0.717) is 6.04 Å². The minimum atomic E-state index is 0.706. The average molecular weight is 170 g/mol. The summed E-state index contributed by atoms with van der Waals surface area (Å²) in [4.78, 5) is 2.56. The van der Waals surface area contributed by atoms with Crippen LogP contribution in [-0.2, 0) is 4.74 Å². The molecule has 0 aromatic rings. The molecule has 0 saturated carbocycles. The van der Waals surface area contributed by atoms with Gasteiger partial charge < -0.3 is 10.1 Å². The van der Waals surface area contributed by atoms with Crippen molar-refractivity contribution in [3.05, 3.63) is 0 Å². The first-order valence-corrected chi connectivity index (χ1v) is 4.91. The molecule has 2 saturated heterocycles. The van der Waals surface area contributed by atoms with Gasteiger partial charge in [0.25, 0.3) is 0 Å². The first kappa shape index (κ1) is 8.48. The standard InChI is InChI=1S/C9H18N2O/c1-8-6-9(7-10-8)11-2-4-12-5-3-11/h8-10H,2-7H2,1H3/t8-,9-/m1/s1. The van der Waals surface area contributed by atoms with Crippen LogP contribution in [0.15, 0.2) is 0 Å². The number of nitrogens with zero attached hydrogens (tertiary/aromatic N) is 1. The molecule has 0 radical (unpaired) electrons. The van der Waals surface area contributed by atoms with Crippen LogP contribution in [0.1, 0.15) is 13.3 Å². The highest BCUT2D eigenvalue weighted by molar-refractivity contribution is 4.86. The summed E-state index contributed by atoms with van der Waals surface area (Å²) in [5, 5.41) is 3.48. The lowest BCUT2D eigenvalue weighted by molar-refractivity contribution is 0.0202. The van der Waals surface area contributed by atoms with Gasteiger partial charge in [0.05, 0.1) is 13.2 Å². The van der Waals surface area contributed by atoms with E-state index < -0.39 is 0 Å². The van der Waals surface area contributed by atoms with Gasteiger partial charge in [0.15, 0.2) is 0 Å². The molecule has 0 unspecified atom stereocenters. The van der Waals surface area contributed by atoms with Gasteiger partial charge in [-0.05, 0) is 13.3 Å². The SMILES string of the molecule is C[C@@H]1C[C@@H](N2CCOCC2)CN1. The zero-order valence-electron chi connectivity index (χ0n) is 7.75. The van der Waals surface area contributed by atoms with Crippen molar-refractivity contribution in [3.63, 3.8) is 0 Å². The van der Waals surface area contributed by atoms with Gasteiger partial charge in [0.1, 0.15) is 0 Å². The number of hydrogen-bond donors (Lipinski definition) is 1. The molecule has 3 nitrogen and oxygen atoms in total. The van der Waals surface area contributed by atoms with E-state index in [4.69, 9.17) is 4.74 Å². The molecule has 2 heterocycles. The van der Waals surface area contributed by atoms with Crippen LogP contribution >= 0.6 is 0 Å². The number of nitrogens with one attached hydrogen (secondary N) is 1. The fourth-order valence-corrected chi connectivity index (χ4v) is 2.13. The van der Waals surface area contributed by atoms with Crippen molar-refractivity contribution in [2.75, 3.05) is 32.8 Å². The van der Waals surface area contributed by atoms with Gasteiger partial charge in [-0.3, -0.25) is 4.90 Å². The van der Waals surface area contributed by atoms with Gasteiger partial charge in [0.2, 0.25) is 0 Å². The third kappa shape index (κ3) is 1.79. The highest BCUT2D eigenvalue weighted by Crippen LogP contribution is 2.14. The molecule has 3 heteroatoms. The maximum Gasteiger partial charge on any atom is 0.0594 e. The Bertz CT molecular complexity index is 143. The number of rotatable bonds is 1. The molecule has 2 aliphatic heterocycles. The smallest absolute Gasteiger partial charge is 0.0594 e. The molecule has 12 heavy (non-hydrogen) atoms. The molecule has 0 amide bonds. The van der Waals surface area contributed by atoms with Crippen molar-refractivity contribution in [1.29, 1.82) is 0 Å². The molecule has 0 bridgehead atoms. The fraction of sp³-hybridized carbons (Fsp3) is 1.00. The van der Waals surface area contributed by atoms with Crippen LogP contribution in [0, 0.1) is 0 Å². The van der Waals surface area contributed by atoms with E-state index in [1.807, 2.05) is 0 Å². The summed E-state index contributed by atoms with van der Waals surface area (Å²) in [6.45, 7) is 7.52.